The van der Waals surface area contributed by atoms with Crippen molar-refractivity contribution in [3.05, 3.63) is 30.6 Å². The number of aliphatic imine (C=N–C) groups is 1. The Labute approximate surface area is 154 Å². The molecule has 0 bridgehead atoms. The Balaban J connectivity index is 1.49. The minimum Gasteiger partial charge on any atom is -0.356 e. The molecule has 0 amide bonds. The number of hydrogen-bond acceptors (Lipinski definition) is 3. The van der Waals surface area contributed by atoms with Crippen LogP contribution in [0.3, 0.4) is 0 Å². The largest absolute Gasteiger partial charge is 0.356 e. The molecule has 1 aliphatic rings. The van der Waals surface area contributed by atoms with Gasteiger partial charge in [-0.05, 0) is 24.5 Å². The number of aromatic nitrogens is 2. The maximum atomic E-state index is 4.49. The van der Waals surface area contributed by atoms with E-state index in [1.165, 1.54) is 11.3 Å². The van der Waals surface area contributed by atoms with E-state index in [2.05, 4.69) is 68.6 Å². The Morgan fingerprint density at radius 3 is 3.04 bits per heavy atom. The van der Waals surface area contributed by atoms with Crippen LogP contribution >= 0.6 is 11.8 Å². The fraction of sp³-hybridized carbons (Fsp3) is 0.579. The van der Waals surface area contributed by atoms with Crippen LogP contribution in [0.4, 0.5) is 0 Å². The van der Waals surface area contributed by atoms with E-state index in [0.717, 1.165) is 44.1 Å². The Kier molecular flexibility index (Phi) is 6.24. The number of guanidine groups is 1. The second-order valence-corrected chi connectivity index (χ2v) is 8.20. The fourth-order valence-electron chi connectivity index (χ4n) is 3.24. The first-order chi connectivity index (χ1) is 12.2. The Morgan fingerprint density at radius 1 is 1.40 bits per heavy atom. The van der Waals surface area contributed by atoms with E-state index in [4.69, 9.17) is 0 Å². The van der Waals surface area contributed by atoms with Gasteiger partial charge < -0.3 is 14.8 Å². The summed E-state index contributed by atoms with van der Waals surface area (Å²) in [5.74, 6) is 2.94. The van der Waals surface area contributed by atoms with Crippen molar-refractivity contribution in [2.75, 3.05) is 32.4 Å². The second-order valence-electron chi connectivity index (χ2n) is 6.85. The zero-order valence-electron chi connectivity index (χ0n) is 15.5. The van der Waals surface area contributed by atoms with E-state index < -0.39 is 0 Å². The number of rotatable bonds is 5. The van der Waals surface area contributed by atoms with Gasteiger partial charge in [-0.25, -0.2) is 4.98 Å². The van der Waals surface area contributed by atoms with Crippen LogP contribution in [0.1, 0.15) is 20.3 Å². The lowest BCUT2D eigenvalue weighted by atomic mass is 10.1. The first-order valence-electron chi connectivity index (χ1n) is 9.16. The minimum atomic E-state index is 0.699. The van der Waals surface area contributed by atoms with Crippen LogP contribution in [0, 0.1) is 5.92 Å². The van der Waals surface area contributed by atoms with E-state index in [1.54, 1.807) is 0 Å². The second kappa shape index (κ2) is 8.61. The molecule has 1 fully saturated rings. The molecule has 3 rings (SSSR count). The summed E-state index contributed by atoms with van der Waals surface area (Å²) in [6, 6.07) is 8.30. The molecular formula is C19H29N5S. The maximum absolute atomic E-state index is 4.49. The third-order valence-corrected chi connectivity index (χ3v) is 6.27. The number of nitrogens with zero attached hydrogens (tertiary/aromatic N) is 4. The van der Waals surface area contributed by atoms with E-state index in [9.17, 15) is 0 Å². The molecule has 1 aromatic carbocycles. The molecule has 0 radical (unpaired) electrons. The molecule has 1 atom stereocenters. The van der Waals surface area contributed by atoms with Crippen LogP contribution in [0.5, 0.6) is 0 Å². The highest BCUT2D eigenvalue weighted by molar-refractivity contribution is 8.00. The molecule has 136 valence electrons. The van der Waals surface area contributed by atoms with Gasteiger partial charge in [-0.2, -0.15) is 11.8 Å². The molecule has 0 aliphatic carbocycles. The smallest absolute Gasteiger partial charge is 0.193 e. The standard InChI is InChI=1S/C19H29N5S/c1-15(2)18-13-23(11-12-25-18)19(20-3)21-9-6-10-24-14-22-16-7-4-5-8-17(16)24/h4-5,7-8,14-15,18H,6,9-13H2,1-3H3,(H,20,21). The van der Waals surface area contributed by atoms with Gasteiger partial charge in [0, 0.05) is 44.2 Å². The Bertz CT molecular complexity index is 709. The highest BCUT2D eigenvalue weighted by Crippen LogP contribution is 2.24. The van der Waals surface area contributed by atoms with Gasteiger partial charge in [0.1, 0.15) is 0 Å². The molecule has 1 aliphatic heterocycles. The highest BCUT2D eigenvalue weighted by Gasteiger charge is 2.24. The summed E-state index contributed by atoms with van der Waals surface area (Å²) >= 11 is 2.10. The van der Waals surface area contributed by atoms with Crippen molar-refractivity contribution >= 4 is 28.8 Å². The molecule has 0 spiro atoms. The molecule has 5 nitrogen and oxygen atoms in total. The Morgan fingerprint density at radius 2 is 2.24 bits per heavy atom. The predicted octanol–water partition coefficient (Wildman–Crippen LogP) is 3.08. The number of thioether (sulfide) groups is 1. The SMILES string of the molecule is CN=C(NCCCn1cnc2ccccc21)N1CCSC(C(C)C)C1. The summed E-state index contributed by atoms with van der Waals surface area (Å²) in [7, 11) is 1.89. The number of benzene rings is 1. The van der Waals surface area contributed by atoms with Gasteiger partial charge in [0.2, 0.25) is 0 Å². The van der Waals surface area contributed by atoms with E-state index in [-0.39, 0.29) is 0 Å². The molecule has 2 heterocycles. The van der Waals surface area contributed by atoms with Crippen molar-refractivity contribution in [3.8, 4) is 0 Å². The number of para-hydroxylation sites is 2. The van der Waals surface area contributed by atoms with Crippen LogP contribution in [0.25, 0.3) is 11.0 Å². The van der Waals surface area contributed by atoms with Crippen LogP contribution in [0.15, 0.2) is 35.6 Å². The molecule has 25 heavy (non-hydrogen) atoms. The first-order valence-corrected chi connectivity index (χ1v) is 10.2. The van der Waals surface area contributed by atoms with Gasteiger partial charge in [0.25, 0.3) is 0 Å². The van der Waals surface area contributed by atoms with Crippen molar-refractivity contribution in [3.63, 3.8) is 0 Å². The van der Waals surface area contributed by atoms with Gasteiger partial charge in [-0.1, -0.05) is 26.0 Å². The number of aryl methyl sites for hydroxylation is 1. The topological polar surface area (TPSA) is 45.5 Å². The molecule has 1 N–H and O–H groups in total. The molecule has 2 aromatic rings. The third kappa shape index (κ3) is 4.48. The zero-order valence-corrected chi connectivity index (χ0v) is 16.3. The van der Waals surface area contributed by atoms with Gasteiger partial charge in [-0.15, -0.1) is 0 Å². The summed E-state index contributed by atoms with van der Waals surface area (Å²) in [4.78, 5) is 11.4. The Hall–Kier alpha value is -1.69. The van der Waals surface area contributed by atoms with Crippen molar-refractivity contribution < 1.29 is 0 Å². The lowest BCUT2D eigenvalue weighted by Crippen LogP contribution is -2.49. The molecule has 1 saturated heterocycles. The summed E-state index contributed by atoms with van der Waals surface area (Å²) in [5, 5.41) is 4.24. The quantitative estimate of drug-likeness (QED) is 0.506. The molecule has 0 saturated carbocycles. The number of fused-ring (bicyclic) bond motifs is 1. The number of hydrogen-bond donors (Lipinski definition) is 1. The molecule has 6 heteroatoms. The van der Waals surface area contributed by atoms with Crippen molar-refractivity contribution in [1.29, 1.82) is 0 Å². The fourth-order valence-corrected chi connectivity index (χ4v) is 4.54. The maximum Gasteiger partial charge on any atom is 0.193 e. The van der Waals surface area contributed by atoms with Crippen molar-refractivity contribution in [2.45, 2.75) is 32.1 Å². The van der Waals surface area contributed by atoms with E-state index >= 15 is 0 Å². The molecular weight excluding hydrogens is 330 g/mol. The number of nitrogens with one attached hydrogen (secondary N) is 1. The van der Waals surface area contributed by atoms with Crippen LogP contribution in [0.2, 0.25) is 0 Å². The van der Waals surface area contributed by atoms with Gasteiger partial charge in [-0.3, -0.25) is 4.99 Å². The molecule has 1 unspecified atom stereocenters. The van der Waals surface area contributed by atoms with Crippen molar-refractivity contribution in [1.82, 2.24) is 19.8 Å². The van der Waals surface area contributed by atoms with E-state index in [1.807, 2.05) is 19.4 Å². The lowest BCUT2D eigenvalue weighted by Gasteiger charge is -2.36. The highest BCUT2D eigenvalue weighted by atomic mass is 32.2. The zero-order chi connectivity index (χ0) is 17.6. The third-order valence-electron chi connectivity index (χ3n) is 4.73. The first kappa shape index (κ1) is 18.1. The number of imidazole rings is 1. The van der Waals surface area contributed by atoms with Gasteiger partial charge in [0.05, 0.1) is 17.4 Å². The monoisotopic (exact) mass is 359 g/mol. The van der Waals surface area contributed by atoms with Crippen LogP contribution in [-0.4, -0.2) is 58.1 Å². The van der Waals surface area contributed by atoms with Gasteiger partial charge >= 0.3 is 0 Å². The summed E-state index contributed by atoms with van der Waals surface area (Å²) < 4.78 is 2.23. The summed E-state index contributed by atoms with van der Waals surface area (Å²) in [6.07, 6.45) is 2.99. The van der Waals surface area contributed by atoms with Crippen LogP contribution in [-0.2, 0) is 6.54 Å². The lowest BCUT2D eigenvalue weighted by molar-refractivity contribution is 0.380. The average Bonchev–Trinajstić information content (AvgIpc) is 3.05. The van der Waals surface area contributed by atoms with Crippen LogP contribution < -0.4 is 5.32 Å². The van der Waals surface area contributed by atoms with E-state index in [0.29, 0.717) is 11.2 Å². The van der Waals surface area contributed by atoms with Crippen molar-refractivity contribution in [2.24, 2.45) is 10.9 Å². The predicted molar refractivity (Wildman–Crippen MR) is 108 cm³/mol. The average molecular weight is 360 g/mol. The summed E-state index contributed by atoms with van der Waals surface area (Å²) in [6.45, 7) is 8.69. The molecule has 1 aromatic heterocycles. The summed E-state index contributed by atoms with van der Waals surface area (Å²) in [5.41, 5.74) is 2.27. The van der Waals surface area contributed by atoms with Gasteiger partial charge in [0.15, 0.2) is 5.96 Å². The normalized spacial score (nSPS) is 19.0. The minimum absolute atomic E-state index is 0.699.